The van der Waals surface area contributed by atoms with E-state index in [2.05, 4.69) is 15.4 Å². The van der Waals surface area contributed by atoms with Crippen LogP contribution in [0.25, 0.3) is 17.0 Å². The van der Waals surface area contributed by atoms with Crippen LogP contribution in [0, 0.1) is 6.92 Å². The van der Waals surface area contributed by atoms with Gasteiger partial charge in [-0.25, -0.2) is 18.9 Å². The third-order valence-electron chi connectivity index (χ3n) is 4.81. The number of rotatable bonds is 5. The van der Waals surface area contributed by atoms with E-state index in [0.717, 1.165) is 21.2 Å². The molecule has 1 amide bonds. The minimum absolute atomic E-state index is 0.128. The molecule has 2 aromatic carbocycles. The molecule has 4 rings (SSSR count). The number of amides is 1. The molecule has 0 aliphatic carbocycles. The molecule has 170 valence electrons. The Morgan fingerprint density at radius 3 is 2.52 bits per heavy atom. The van der Waals surface area contributed by atoms with E-state index in [4.69, 9.17) is 4.74 Å². The normalized spacial score (nSPS) is 11.5. The van der Waals surface area contributed by atoms with Crippen molar-refractivity contribution in [1.82, 2.24) is 19.2 Å². The van der Waals surface area contributed by atoms with Gasteiger partial charge in [0, 0.05) is 29.1 Å². The molecular weight excluding hydrogens is 439 g/mol. The molecule has 0 saturated carbocycles. The first-order chi connectivity index (χ1) is 15.7. The summed E-state index contributed by atoms with van der Waals surface area (Å²) in [6.45, 7) is 1.30. The van der Waals surface area contributed by atoms with Crippen LogP contribution in [-0.2, 0) is 17.5 Å². The van der Waals surface area contributed by atoms with Crippen LogP contribution in [0.2, 0.25) is 0 Å². The van der Waals surface area contributed by atoms with E-state index in [0.29, 0.717) is 22.7 Å². The van der Waals surface area contributed by atoms with Gasteiger partial charge in [0.05, 0.1) is 12.7 Å². The predicted octanol–water partition coefficient (Wildman–Crippen LogP) is 3.53. The van der Waals surface area contributed by atoms with Gasteiger partial charge >= 0.3 is 11.9 Å². The number of methoxy groups -OCH3 is 1. The van der Waals surface area contributed by atoms with Crippen LogP contribution in [-0.4, -0.2) is 32.2 Å². The number of nitrogens with zero attached hydrogens (tertiary/aromatic N) is 4. The summed E-state index contributed by atoms with van der Waals surface area (Å²) in [5.74, 6) is 0.193. The van der Waals surface area contributed by atoms with Gasteiger partial charge in [0.15, 0.2) is 5.65 Å². The van der Waals surface area contributed by atoms with Crippen LogP contribution in [0.1, 0.15) is 11.3 Å². The van der Waals surface area contributed by atoms with Crippen molar-refractivity contribution in [1.29, 1.82) is 0 Å². The van der Waals surface area contributed by atoms with Crippen molar-refractivity contribution in [3.63, 3.8) is 0 Å². The molecule has 2 aromatic heterocycles. The largest absolute Gasteiger partial charge is 0.497 e. The highest BCUT2D eigenvalue weighted by molar-refractivity contribution is 5.90. The van der Waals surface area contributed by atoms with Crippen molar-refractivity contribution in [2.75, 3.05) is 12.4 Å². The number of benzene rings is 2. The van der Waals surface area contributed by atoms with Crippen molar-refractivity contribution in [3.05, 3.63) is 76.3 Å². The first kappa shape index (κ1) is 22.1. The molecule has 0 aliphatic rings. The Morgan fingerprint density at radius 1 is 1.12 bits per heavy atom. The molecule has 2 heterocycles. The van der Waals surface area contributed by atoms with Gasteiger partial charge in [0.25, 0.3) is 0 Å². The number of carbonyl (C=O) groups excluding carboxylic acids is 1. The lowest BCUT2D eigenvalue weighted by atomic mass is 10.1. The first-order valence-corrected chi connectivity index (χ1v) is 9.74. The monoisotopic (exact) mass is 457 g/mol. The van der Waals surface area contributed by atoms with E-state index in [1.807, 2.05) is 0 Å². The number of carbonyl (C=O) groups is 1. The van der Waals surface area contributed by atoms with Gasteiger partial charge in [-0.15, -0.1) is 5.10 Å². The molecule has 4 aromatic rings. The summed E-state index contributed by atoms with van der Waals surface area (Å²) in [5.41, 5.74) is 0.0610. The second-order valence-corrected chi connectivity index (χ2v) is 7.21. The maximum atomic E-state index is 13.0. The number of anilines is 1. The number of alkyl halides is 3. The fourth-order valence-electron chi connectivity index (χ4n) is 3.30. The lowest BCUT2D eigenvalue weighted by Gasteiger charge is -2.08. The fourth-order valence-corrected chi connectivity index (χ4v) is 3.30. The smallest absolute Gasteiger partial charge is 0.416 e. The molecule has 0 fully saturated rings. The molecule has 33 heavy (non-hydrogen) atoms. The van der Waals surface area contributed by atoms with E-state index in [-0.39, 0.29) is 18.0 Å². The van der Waals surface area contributed by atoms with Crippen LogP contribution in [0.4, 0.5) is 18.9 Å². The Kier molecular flexibility index (Phi) is 5.62. The van der Waals surface area contributed by atoms with Gasteiger partial charge < -0.3 is 10.1 Å². The van der Waals surface area contributed by atoms with E-state index in [9.17, 15) is 22.8 Å². The third kappa shape index (κ3) is 4.56. The summed E-state index contributed by atoms with van der Waals surface area (Å²) >= 11 is 0. The summed E-state index contributed by atoms with van der Waals surface area (Å²) < 4.78 is 45.9. The summed E-state index contributed by atoms with van der Waals surface area (Å²) in [7, 11) is 1.50. The predicted molar refractivity (Wildman–Crippen MR) is 114 cm³/mol. The Balaban J connectivity index is 1.67. The maximum absolute atomic E-state index is 13.0. The molecule has 1 N–H and O–H groups in total. The highest BCUT2D eigenvalue weighted by atomic mass is 19.4. The molecule has 0 bridgehead atoms. The Hall–Kier alpha value is -4.15. The number of fused-ring (bicyclic) bond motifs is 1. The van der Waals surface area contributed by atoms with Crippen molar-refractivity contribution in [2.24, 2.45) is 0 Å². The maximum Gasteiger partial charge on any atom is 0.416 e. The fraction of sp³-hybridized carbons (Fsp3) is 0.182. The van der Waals surface area contributed by atoms with Gasteiger partial charge in [-0.3, -0.25) is 4.79 Å². The number of hydrogen-bond donors (Lipinski definition) is 1. The van der Waals surface area contributed by atoms with E-state index < -0.39 is 23.3 Å². The van der Waals surface area contributed by atoms with Crippen LogP contribution in [0.5, 0.6) is 5.75 Å². The Labute approximate surface area is 185 Å². The van der Waals surface area contributed by atoms with Gasteiger partial charge in [-0.1, -0.05) is 18.2 Å². The van der Waals surface area contributed by atoms with Crippen LogP contribution >= 0.6 is 0 Å². The van der Waals surface area contributed by atoms with E-state index in [1.54, 1.807) is 37.3 Å². The average molecular weight is 457 g/mol. The number of ether oxygens (including phenoxy) is 1. The van der Waals surface area contributed by atoms with Crippen LogP contribution in [0.15, 0.2) is 59.4 Å². The number of aryl methyl sites for hydroxylation is 1. The standard InChI is InChI=1S/C22H18F3N5O3/c1-13-10-18-28-29(12-19(31)27-16-4-3-5-17(11-16)33-2)21(32)30(18)20(26-13)14-6-8-15(9-7-14)22(23,24)25/h3-11H,12H2,1-2H3,(H,27,31). The number of nitrogens with one attached hydrogen (secondary N) is 1. The summed E-state index contributed by atoms with van der Waals surface area (Å²) in [6, 6.07) is 12.6. The lowest BCUT2D eigenvalue weighted by Crippen LogP contribution is -2.28. The van der Waals surface area contributed by atoms with Crippen LogP contribution in [0.3, 0.4) is 0 Å². The minimum atomic E-state index is -4.48. The molecule has 0 radical (unpaired) electrons. The van der Waals surface area contributed by atoms with Crippen molar-refractivity contribution in [3.8, 4) is 17.1 Å². The molecule has 0 aliphatic heterocycles. The van der Waals surface area contributed by atoms with E-state index in [1.165, 1.54) is 19.2 Å². The molecular formula is C22H18F3N5O3. The summed E-state index contributed by atoms with van der Waals surface area (Å²) in [4.78, 5) is 29.8. The average Bonchev–Trinajstić information content (AvgIpc) is 3.07. The first-order valence-electron chi connectivity index (χ1n) is 9.74. The lowest BCUT2D eigenvalue weighted by molar-refractivity contribution is -0.137. The molecule has 0 atom stereocenters. The van der Waals surface area contributed by atoms with Gasteiger partial charge in [0.1, 0.15) is 18.1 Å². The van der Waals surface area contributed by atoms with E-state index >= 15 is 0 Å². The Morgan fingerprint density at radius 2 is 1.85 bits per heavy atom. The quantitative estimate of drug-likeness (QED) is 0.495. The molecule has 0 unspecified atom stereocenters. The van der Waals surface area contributed by atoms with Crippen molar-refractivity contribution >= 4 is 17.2 Å². The molecule has 0 saturated heterocycles. The van der Waals surface area contributed by atoms with Gasteiger partial charge in [-0.05, 0) is 31.2 Å². The molecule has 11 heteroatoms. The SMILES string of the molecule is COc1cccc(NC(=O)Cn2nc3cc(C)nc(-c4ccc(C(F)(F)F)cc4)n3c2=O)c1. The van der Waals surface area contributed by atoms with Crippen molar-refractivity contribution < 1.29 is 22.7 Å². The number of aromatic nitrogens is 4. The number of hydrogen-bond acceptors (Lipinski definition) is 5. The third-order valence-corrected chi connectivity index (χ3v) is 4.81. The second-order valence-electron chi connectivity index (χ2n) is 7.21. The second kappa shape index (κ2) is 8.41. The van der Waals surface area contributed by atoms with Gasteiger partial charge in [0.2, 0.25) is 5.91 Å². The summed E-state index contributed by atoms with van der Waals surface area (Å²) in [6.07, 6.45) is -4.48. The minimum Gasteiger partial charge on any atom is -0.497 e. The molecule has 0 spiro atoms. The Bertz CT molecular complexity index is 1390. The number of halogens is 3. The molecule has 8 nitrogen and oxygen atoms in total. The zero-order valence-electron chi connectivity index (χ0n) is 17.6. The summed E-state index contributed by atoms with van der Waals surface area (Å²) in [5, 5.41) is 6.86. The van der Waals surface area contributed by atoms with Crippen molar-refractivity contribution in [2.45, 2.75) is 19.6 Å². The van der Waals surface area contributed by atoms with Crippen LogP contribution < -0.4 is 15.7 Å². The topological polar surface area (TPSA) is 90.5 Å². The highest BCUT2D eigenvalue weighted by Gasteiger charge is 2.30. The van der Waals surface area contributed by atoms with Gasteiger partial charge in [-0.2, -0.15) is 13.2 Å². The zero-order chi connectivity index (χ0) is 23.8. The zero-order valence-corrected chi connectivity index (χ0v) is 17.6. The highest BCUT2D eigenvalue weighted by Crippen LogP contribution is 2.30.